The third kappa shape index (κ3) is 4.56. The summed E-state index contributed by atoms with van der Waals surface area (Å²) in [7, 11) is 0. The number of amides is 2. The van der Waals surface area contributed by atoms with Crippen LogP contribution in [0.1, 0.15) is 44.0 Å². The fraction of sp³-hybridized carbons (Fsp3) is 0.455. The van der Waals surface area contributed by atoms with Crippen LogP contribution in [0.15, 0.2) is 41.4 Å². The molecule has 0 spiro atoms. The van der Waals surface area contributed by atoms with E-state index in [-0.39, 0.29) is 30.3 Å². The highest BCUT2D eigenvalue weighted by atomic mass is 35.5. The molecule has 1 aliphatic carbocycles. The molecule has 2 aromatic rings. The van der Waals surface area contributed by atoms with Gasteiger partial charge in [-0.25, -0.2) is 0 Å². The Morgan fingerprint density at radius 1 is 1.30 bits per heavy atom. The van der Waals surface area contributed by atoms with Crippen molar-refractivity contribution in [2.24, 2.45) is 5.92 Å². The van der Waals surface area contributed by atoms with Gasteiger partial charge in [0, 0.05) is 29.6 Å². The SMILES string of the molecule is C=CCN(CC(=O)N1CCCCC1c1nc(-c2cccc(Cl)c2)no1)C(=O)C1CC1. The second-order valence-corrected chi connectivity index (χ2v) is 8.28. The molecule has 1 atom stereocenters. The van der Waals surface area contributed by atoms with E-state index in [1.54, 1.807) is 28.0 Å². The quantitative estimate of drug-likeness (QED) is 0.625. The van der Waals surface area contributed by atoms with E-state index < -0.39 is 0 Å². The van der Waals surface area contributed by atoms with Crippen molar-refractivity contribution in [3.63, 3.8) is 0 Å². The summed E-state index contributed by atoms with van der Waals surface area (Å²) in [4.78, 5) is 33.5. The molecule has 30 heavy (non-hydrogen) atoms. The first-order valence-electron chi connectivity index (χ1n) is 10.4. The first-order chi connectivity index (χ1) is 14.6. The van der Waals surface area contributed by atoms with Crippen LogP contribution in [-0.4, -0.2) is 51.4 Å². The Bertz CT molecular complexity index is 940. The summed E-state index contributed by atoms with van der Waals surface area (Å²) in [6, 6.07) is 6.96. The lowest BCUT2D eigenvalue weighted by atomic mass is 10.0. The van der Waals surface area contributed by atoms with Crippen LogP contribution >= 0.6 is 11.6 Å². The maximum absolute atomic E-state index is 13.1. The molecule has 7 nitrogen and oxygen atoms in total. The van der Waals surface area contributed by atoms with E-state index in [0.717, 1.165) is 37.7 Å². The van der Waals surface area contributed by atoms with Gasteiger partial charge in [-0.1, -0.05) is 35.0 Å². The van der Waals surface area contributed by atoms with Crippen LogP contribution in [0.3, 0.4) is 0 Å². The molecule has 2 fully saturated rings. The van der Waals surface area contributed by atoms with Crippen molar-refractivity contribution in [2.75, 3.05) is 19.6 Å². The van der Waals surface area contributed by atoms with E-state index in [2.05, 4.69) is 16.7 Å². The van der Waals surface area contributed by atoms with Crippen LogP contribution in [0.2, 0.25) is 5.02 Å². The van der Waals surface area contributed by atoms with Crippen molar-refractivity contribution in [3.8, 4) is 11.4 Å². The van der Waals surface area contributed by atoms with Gasteiger partial charge in [-0.2, -0.15) is 4.98 Å². The minimum absolute atomic E-state index is 0.0397. The Balaban J connectivity index is 1.50. The standard InChI is InChI=1S/C22H25ClN4O3/c1-2-11-26(22(29)15-9-10-15)14-19(28)27-12-4-3-8-18(27)21-24-20(25-30-21)16-6-5-7-17(23)13-16/h2,5-7,13,15,18H,1,3-4,8-12,14H2. The van der Waals surface area contributed by atoms with Gasteiger partial charge in [-0.3, -0.25) is 9.59 Å². The first-order valence-corrected chi connectivity index (χ1v) is 10.7. The zero-order valence-corrected chi connectivity index (χ0v) is 17.6. The lowest BCUT2D eigenvalue weighted by Gasteiger charge is -2.35. The predicted octanol–water partition coefficient (Wildman–Crippen LogP) is 3.87. The molecular weight excluding hydrogens is 404 g/mol. The molecule has 1 saturated heterocycles. The Morgan fingerprint density at radius 2 is 2.13 bits per heavy atom. The number of benzene rings is 1. The molecule has 1 aromatic carbocycles. The van der Waals surface area contributed by atoms with E-state index in [0.29, 0.717) is 29.8 Å². The molecule has 158 valence electrons. The number of hydrogen-bond acceptors (Lipinski definition) is 5. The number of nitrogens with zero attached hydrogens (tertiary/aromatic N) is 4. The lowest BCUT2D eigenvalue weighted by molar-refractivity contribution is -0.143. The summed E-state index contributed by atoms with van der Waals surface area (Å²) >= 11 is 6.06. The molecule has 2 heterocycles. The van der Waals surface area contributed by atoms with Crippen LogP contribution in [0.25, 0.3) is 11.4 Å². The van der Waals surface area contributed by atoms with Crippen molar-refractivity contribution in [1.82, 2.24) is 19.9 Å². The van der Waals surface area contributed by atoms with Crippen molar-refractivity contribution >= 4 is 23.4 Å². The van der Waals surface area contributed by atoms with E-state index >= 15 is 0 Å². The molecule has 1 aliphatic heterocycles. The van der Waals surface area contributed by atoms with Crippen molar-refractivity contribution in [1.29, 1.82) is 0 Å². The maximum Gasteiger partial charge on any atom is 0.249 e. The van der Waals surface area contributed by atoms with E-state index in [4.69, 9.17) is 16.1 Å². The smallest absolute Gasteiger partial charge is 0.249 e. The van der Waals surface area contributed by atoms with Crippen molar-refractivity contribution < 1.29 is 14.1 Å². The fourth-order valence-electron chi connectivity index (χ4n) is 3.83. The molecule has 2 aliphatic rings. The highest BCUT2D eigenvalue weighted by Gasteiger charge is 2.37. The Kier molecular flexibility index (Phi) is 6.18. The van der Waals surface area contributed by atoms with Gasteiger partial charge < -0.3 is 14.3 Å². The first kappa shape index (κ1) is 20.6. The number of aromatic nitrogens is 2. The topological polar surface area (TPSA) is 79.5 Å². The molecule has 2 amide bonds. The predicted molar refractivity (Wildman–Crippen MR) is 113 cm³/mol. The van der Waals surface area contributed by atoms with Gasteiger partial charge in [-0.05, 0) is 44.2 Å². The molecule has 0 radical (unpaired) electrons. The normalized spacial score (nSPS) is 18.8. The summed E-state index contributed by atoms with van der Waals surface area (Å²) < 4.78 is 5.53. The van der Waals surface area contributed by atoms with Crippen LogP contribution < -0.4 is 0 Å². The van der Waals surface area contributed by atoms with Crippen molar-refractivity contribution in [3.05, 3.63) is 47.8 Å². The monoisotopic (exact) mass is 428 g/mol. The summed E-state index contributed by atoms with van der Waals surface area (Å²) in [6.45, 7) is 4.75. The van der Waals surface area contributed by atoms with E-state index in [1.807, 2.05) is 12.1 Å². The molecule has 0 N–H and O–H groups in total. The van der Waals surface area contributed by atoms with Gasteiger partial charge in [0.2, 0.25) is 23.5 Å². The summed E-state index contributed by atoms with van der Waals surface area (Å²) in [6.07, 6.45) is 6.11. The number of hydrogen-bond donors (Lipinski definition) is 0. The van der Waals surface area contributed by atoms with Crippen molar-refractivity contribution in [2.45, 2.75) is 38.1 Å². The highest BCUT2D eigenvalue weighted by Crippen LogP contribution is 2.33. The second kappa shape index (κ2) is 9.00. The third-order valence-corrected chi connectivity index (χ3v) is 5.78. The summed E-state index contributed by atoms with van der Waals surface area (Å²) in [5, 5.41) is 4.68. The van der Waals surface area contributed by atoms with Gasteiger partial charge in [-0.15, -0.1) is 6.58 Å². The minimum Gasteiger partial charge on any atom is -0.337 e. The molecule has 1 saturated carbocycles. The van der Waals surface area contributed by atoms with Gasteiger partial charge in [0.1, 0.15) is 12.6 Å². The summed E-state index contributed by atoms with van der Waals surface area (Å²) in [5.41, 5.74) is 0.762. The highest BCUT2D eigenvalue weighted by molar-refractivity contribution is 6.30. The Morgan fingerprint density at radius 3 is 2.87 bits per heavy atom. The third-order valence-electron chi connectivity index (χ3n) is 5.55. The largest absolute Gasteiger partial charge is 0.337 e. The number of carbonyl (C=O) groups is 2. The molecule has 8 heteroatoms. The molecule has 1 unspecified atom stereocenters. The number of likely N-dealkylation sites (tertiary alicyclic amines) is 1. The lowest BCUT2D eigenvalue weighted by Crippen LogP contribution is -2.46. The average molecular weight is 429 g/mol. The van der Waals surface area contributed by atoms with Crippen LogP contribution in [0.5, 0.6) is 0 Å². The maximum atomic E-state index is 13.1. The number of rotatable bonds is 7. The number of carbonyl (C=O) groups excluding carboxylic acids is 2. The molecule has 0 bridgehead atoms. The number of piperidine rings is 1. The van der Waals surface area contributed by atoms with Gasteiger partial charge >= 0.3 is 0 Å². The minimum atomic E-state index is -0.284. The van der Waals surface area contributed by atoms with Crippen LogP contribution in [-0.2, 0) is 9.59 Å². The fourth-order valence-corrected chi connectivity index (χ4v) is 4.02. The average Bonchev–Trinajstić information content (AvgIpc) is 3.49. The van der Waals surface area contributed by atoms with E-state index in [1.165, 1.54) is 0 Å². The molecule has 4 rings (SSSR count). The molecular formula is C22H25ClN4O3. The van der Waals surface area contributed by atoms with Crippen LogP contribution in [0, 0.1) is 5.92 Å². The number of halogens is 1. The van der Waals surface area contributed by atoms with E-state index in [9.17, 15) is 9.59 Å². The van der Waals surface area contributed by atoms with Gasteiger partial charge in [0.25, 0.3) is 0 Å². The Labute approximate surface area is 180 Å². The van der Waals surface area contributed by atoms with Crippen LogP contribution in [0.4, 0.5) is 0 Å². The Hall–Kier alpha value is -2.67. The summed E-state index contributed by atoms with van der Waals surface area (Å²) in [5.74, 6) is 0.867. The van der Waals surface area contributed by atoms with Gasteiger partial charge in [0.05, 0.1) is 0 Å². The zero-order valence-electron chi connectivity index (χ0n) is 16.8. The van der Waals surface area contributed by atoms with Gasteiger partial charge in [0.15, 0.2) is 0 Å². The molecule has 1 aromatic heterocycles. The zero-order chi connectivity index (χ0) is 21.1. The second-order valence-electron chi connectivity index (χ2n) is 7.85.